The van der Waals surface area contributed by atoms with Crippen LogP contribution in [0.3, 0.4) is 0 Å². The molecule has 5 heteroatoms. The van der Waals surface area contributed by atoms with Gasteiger partial charge in [-0.2, -0.15) is 0 Å². The topological polar surface area (TPSA) is 41.3 Å². The molecule has 2 fully saturated rings. The summed E-state index contributed by atoms with van der Waals surface area (Å²) in [5.74, 6) is 0.879. The van der Waals surface area contributed by atoms with Crippen LogP contribution in [0.5, 0.6) is 0 Å². The summed E-state index contributed by atoms with van der Waals surface area (Å²) in [6, 6.07) is 3.90. The van der Waals surface area contributed by atoms with E-state index in [4.69, 9.17) is 9.40 Å². The standard InChI is InChI=1S/C17H23N3OS/c1-2-6-17(7-3-1)13-18-8-9-20(17)11-14-12-22-16(19-14)15-5-4-10-21-15/h4-5,10,12,18H,1-3,6-9,11,13H2. The lowest BCUT2D eigenvalue weighted by Gasteiger charge is -2.49. The molecule has 4 rings (SSSR count). The molecule has 118 valence electrons. The van der Waals surface area contributed by atoms with Crippen molar-refractivity contribution in [3.05, 3.63) is 29.5 Å². The van der Waals surface area contributed by atoms with E-state index in [-0.39, 0.29) is 0 Å². The average molecular weight is 317 g/mol. The van der Waals surface area contributed by atoms with Crippen molar-refractivity contribution in [2.75, 3.05) is 19.6 Å². The molecule has 2 aromatic rings. The molecule has 1 aliphatic carbocycles. The second-order valence-electron chi connectivity index (χ2n) is 6.50. The zero-order chi connectivity index (χ0) is 14.8. The molecule has 1 spiro atoms. The van der Waals surface area contributed by atoms with Crippen LogP contribution < -0.4 is 5.32 Å². The number of thiazole rings is 1. The van der Waals surface area contributed by atoms with Gasteiger partial charge in [-0.3, -0.25) is 4.90 Å². The Morgan fingerprint density at radius 2 is 2.23 bits per heavy atom. The van der Waals surface area contributed by atoms with Gasteiger partial charge in [-0.25, -0.2) is 4.98 Å². The Bertz CT molecular complexity index is 593. The van der Waals surface area contributed by atoms with Gasteiger partial charge in [-0.15, -0.1) is 11.3 Å². The molecular formula is C17H23N3OS. The molecule has 0 atom stereocenters. The summed E-state index contributed by atoms with van der Waals surface area (Å²) >= 11 is 1.68. The molecular weight excluding hydrogens is 294 g/mol. The molecule has 1 saturated carbocycles. The minimum atomic E-state index is 0.366. The van der Waals surface area contributed by atoms with Crippen molar-refractivity contribution in [1.82, 2.24) is 15.2 Å². The predicted molar refractivity (Wildman–Crippen MR) is 88.9 cm³/mol. The molecule has 1 aliphatic heterocycles. The molecule has 4 nitrogen and oxygen atoms in total. The fraction of sp³-hybridized carbons (Fsp3) is 0.588. The molecule has 1 N–H and O–H groups in total. The van der Waals surface area contributed by atoms with Crippen LogP contribution >= 0.6 is 11.3 Å². The first kappa shape index (κ1) is 14.4. The maximum atomic E-state index is 5.46. The smallest absolute Gasteiger partial charge is 0.162 e. The quantitative estimate of drug-likeness (QED) is 0.940. The molecule has 1 saturated heterocycles. The van der Waals surface area contributed by atoms with Gasteiger partial charge >= 0.3 is 0 Å². The monoisotopic (exact) mass is 317 g/mol. The summed E-state index contributed by atoms with van der Waals surface area (Å²) in [4.78, 5) is 7.47. The third-order valence-corrected chi connectivity index (χ3v) is 6.01. The van der Waals surface area contributed by atoms with E-state index < -0.39 is 0 Å². The molecule has 2 aromatic heterocycles. The van der Waals surface area contributed by atoms with Crippen molar-refractivity contribution in [3.63, 3.8) is 0 Å². The first-order valence-corrected chi connectivity index (χ1v) is 9.18. The van der Waals surface area contributed by atoms with E-state index in [1.807, 2.05) is 12.1 Å². The lowest BCUT2D eigenvalue weighted by Crippen LogP contribution is -2.61. The average Bonchev–Trinajstić information content (AvgIpc) is 3.22. The van der Waals surface area contributed by atoms with E-state index in [2.05, 4.69) is 15.6 Å². The number of hydrogen-bond donors (Lipinski definition) is 1. The Balaban J connectivity index is 1.51. The first-order chi connectivity index (χ1) is 10.9. The summed E-state index contributed by atoms with van der Waals surface area (Å²) < 4.78 is 5.46. The van der Waals surface area contributed by atoms with Gasteiger partial charge in [0.05, 0.1) is 12.0 Å². The van der Waals surface area contributed by atoms with Crippen LogP contribution in [0.15, 0.2) is 28.2 Å². The van der Waals surface area contributed by atoms with E-state index in [0.29, 0.717) is 5.54 Å². The van der Waals surface area contributed by atoms with Crippen LogP contribution in [-0.4, -0.2) is 35.1 Å². The van der Waals surface area contributed by atoms with Crippen LogP contribution in [0.2, 0.25) is 0 Å². The van der Waals surface area contributed by atoms with Crippen LogP contribution in [0.25, 0.3) is 10.8 Å². The van der Waals surface area contributed by atoms with Gasteiger partial charge in [-0.05, 0) is 25.0 Å². The maximum absolute atomic E-state index is 5.46. The number of nitrogens with one attached hydrogen (secondary N) is 1. The Kier molecular flexibility index (Phi) is 4.03. The zero-order valence-electron chi connectivity index (χ0n) is 12.9. The Morgan fingerprint density at radius 3 is 3.05 bits per heavy atom. The lowest BCUT2D eigenvalue weighted by molar-refractivity contribution is 0.0201. The van der Waals surface area contributed by atoms with Gasteiger partial charge in [0.2, 0.25) is 0 Å². The summed E-state index contributed by atoms with van der Waals surface area (Å²) in [5, 5.41) is 6.80. The van der Waals surface area contributed by atoms with Crippen molar-refractivity contribution in [1.29, 1.82) is 0 Å². The van der Waals surface area contributed by atoms with Crippen molar-refractivity contribution in [3.8, 4) is 10.8 Å². The molecule has 0 aromatic carbocycles. The lowest BCUT2D eigenvalue weighted by atomic mass is 9.79. The van der Waals surface area contributed by atoms with E-state index in [0.717, 1.165) is 36.9 Å². The normalized spacial score (nSPS) is 22.2. The van der Waals surface area contributed by atoms with Crippen molar-refractivity contribution in [2.24, 2.45) is 0 Å². The maximum Gasteiger partial charge on any atom is 0.162 e. The number of aromatic nitrogens is 1. The molecule has 0 bridgehead atoms. The molecule has 22 heavy (non-hydrogen) atoms. The van der Waals surface area contributed by atoms with Crippen molar-refractivity contribution >= 4 is 11.3 Å². The van der Waals surface area contributed by atoms with Crippen molar-refractivity contribution in [2.45, 2.75) is 44.2 Å². The highest BCUT2D eigenvalue weighted by Gasteiger charge is 2.39. The number of furan rings is 1. The Labute approximate surface area is 135 Å². The minimum absolute atomic E-state index is 0.366. The summed E-state index contributed by atoms with van der Waals surface area (Å²) in [5.41, 5.74) is 1.55. The second-order valence-corrected chi connectivity index (χ2v) is 7.36. The van der Waals surface area contributed by atoms with Gasteiger partial charge < -0.3 is 9.73 Å². The number of piperazine rings is 1. The number of rotatable bonds is 3. The van der Waals surface area contributed by atoms with Gasteiger partial charge in [0.15, 0.2) is 10.8 Å². The highest BCUT2D eigenvalue weighted by Crippen LogP contribution is 2.36. The summed E-state index contributed by atoms with van der Waals surface area (Å²) in [7, 11) is 0. The highest BCUT2D eigenvalue weighted by molar-refractivity contribution is 7.13. The number of hydrogen-bond acceptors (Lipinski definition) is 5. The number of nitrogens with zero attached hydrogens (tertiary/aromatic N) is 2. The largest absolute Gasteiger partial charge is 0.462 e. The fourth-order valence-electron chi connectivity index (χ4n) is 3.92. The molecule has 2 aliphatic rings. The second kappa shape index (κ2) is 6.14. The molecule has 3 heterocycles. The summed E-state index contributed by atoms with van der Waals surface area (Å²) in [6.07, 6.45) is 8.50. The van der Waals surface area contributed by atoms with Gasteiger partial charge in [0.1, 0.15) is 0 Å². The summed E-state index contributed by atoms with van der Waals surface area (Å²) in [6.45, 7) is 4.34. The van der Waals surface area contributed by atoms with E-state index in [1.165, 1.54) is 37.8 Å². The Morgan fingerprint density at radius 1 is 1.32 bits per heavy atom. The molecule has 0 unspecified atom stereocenters. The van der Waals surface area contributed by atoms with Gasteiger partial charge in [-0.1, -0.05) is 19.3 Å². The van der Waals surface area contributed by atoms with Crippen LogP contribution in [0, 0.1) is 0 Å². The van der Waals surface area contributed by atoms with E-state index in [1.54, 1.807) is 17.6 Å². The third-order valence-electron chi connectivity index (χ3n) is 5.10. The van der Waals surface area contributed by atoms with E-state index in [9.17, 15) is 0 Å². The SMILES string of the molecule is c1coc(-c2nc(CN3CCNCC34CCCCC4)cs2)c1. The zero-order valence-corrected chi connectivity index (χ0v) is 13.7. The van der Waals surface area contributed by atoms with Crippen LogP contribution in [0.4, 0.5) is 0 Å². The van der Waals surface area contributed by atoms with Crippen LogP contribution in [0.1, 0.15) is 37.8 Å². The highest BCUT2D eigenvalue weighted by atomic mass is 32.1. The molecule has 0 amide bonds. The third kappa shape index (κ3) is 2.73. The minimum Gasteiger partial charge on any atom is -0.462 e. The van der Waals surface area contributed by atoms with Gasteiger partial charge in [0, 0.05) is 37.1 Å². The Hall–Kier alpha value is -1.17. The fourth-order valence-corrected chi connectivity index (χ4v) is 4.70. The predicted octanol–water partition coefficient (Wildman–Crippen LogP) is 3.51. The van der Waals surface area contributed by atoms with Crippen molar-refractivity contribution < 1.29 is 4.42 Å². The first-order valence-electron chi connectivity index (χ1n) is 8.30. The van der Waals surface area contributed by atoms with Gasteiger partial charge in [0.25, 0.3) is 0 Å². The van der Waals surface area contributed by atoms with E-state index >= 15 is 0 Å². The van der Waals surface area contributed by atoms with Crippen LogP contribution in [-0.2, 0) is 6.54 Å². The molecule has 0 radical (unpaired) electrons.